The van der Waals surface area contributed by atoms with Crippen LogP contribution in [-0.2, 0) is 0 Å². The van der Waals surface area contributed by atoms with E-state index in [2.05, 4.69) is 95.2 Å². The summed E-state index contributed by atoms with van der Waals surface area (Å²) in [6.07, 6.45) is 5.67. The molecule has 0 saturated heterocycles. The lowest BCUT2D eigenvalue weighted by Crippen LogP contribution is -2.54. The summed E-state index contributed by atoms with van der Waals surface area (Å²) in [7, 11) is 0. The third kappa shape index (κ3) is 4.26. The van der Waals surface area contributed by atoms with E-state index in [4.69, 9.17) is 0 Å². The van der Waals surface area contributed by atoms with Crippen molar-refractivity contribution in [1.82, 2.24) is 0 Å². The first-order valence-electron chi connectivity index (χ1n) is 11.1. The van der Waals surface area contributed by atoms with Crippen LogP contribution in [0.4, 0.5) is 0 Å². The highest BCUT2D eigenvalue weighted by Crippen LogP contribution is 2.61. The molecule has 0 bridgehead atoms. The fourth-order valence-electron chi connectivity index (χ4n) is 5.89. The minimum absolute atomic E-state index is 0.000892. The molecule has 2 rings (SSSR count). The van der Waals surface area contributed by atoms with Crippen molar-refractivity contribution in [2.45, 2.75) is 118 Å². The smallest absolute Gasteiger partial charge is 0.0807 e. The standard InChI is InChI=1S/C26H46O2S/c1-17-13-23(9,15-25(11,19(17)27)21(3,4)5)29-24(10)14-18(2)20(28)26(12,16-24)22(6,7)8/h13-14,19-20,27-28H,15-16H2,1-12H3. The molecule has 168 valence electrons. The summed E-state index contributed by atoms with van der Waals surface area (Å²) >= 11 is 2.02. The molecular weight excluding hydrogens is 376 g/mol. The van der Waals surface area contributed by atoms with Gasteiger partial charge in [-0.25, -0.2) is 0 Å². The van der Waals surface area contributed by atoms with Crippen molar-refractivity contribution in [2.24, 2.45) is 21.7 Å². The van der Waals surface area contributed by atoms with Crippen molar-refractivity contribution in [3.63, 3.8) is 0 Å². The number of thioether (sulfide) groups is 1. The van der Waals surface area contributed by atoms with Gasteiger partial charge < -0.3 is 10.2 Å². The Hall–Kier alpha value is -0.250. The molecule has 0 aliphatic heterocycles. The van der Waals surface area contributed by atoms with E-state index in [1.165, 1.54) is 0 Å². The Morgan fingerprint density at radius 1 is 0.724 bits per heavy atom. The highest BCUT2D eigenvalue weighted by molar-refractivity contribution is 8.02. The molecule has 0 radical (unpaired) electrons. The molecule has 3 heteroatoms. The summed E-state index contributed by atoms with van der Waals surface area (Å²) in [6, 6.07) is 0. The lowest BCUT2D eigenvalue weighted by Gasteiger charge is -2.57. The third-order valence-electron chi connectivity index (χ3n) is 8.47. The topological polar surface area (TPSA) is 40.5 Å². The van der Waals surface area contributed by atoms with Gasteiger partial charge in [-0.05, 0) is 62.5 Å². The van der Waals surface area contributed by atoms with Crippen LogP contribution in [0.2, 0.25) is 0 Å². The van der Waals surface area contributed by atoms with Gasteiger partial charge in [0, 0.05) is 20.3 Å². The van der Waals surface area contributed by atoms with E-state index in [-0.39, 0.29) is 31.2 Å². The van der Waals surface area contributed by atoms with E-state index in [0.29, 0.717) is 0 Å². The summed E-state index contributed by atoms with van der Waals surface area (Å²) in [5.74, 6) is 0. The van der Waals surface area contributed by atoms with Crippen molar-refractivity contribution < 1.29 is 10.2 Å². The summed E-state index contributed by atoms with van der Waals surface area (Å²) in [6.45, 7) is 26.8. The van der Waals surface area contributed by atoms with Crippen molar-refractivity contribution in [3.05, 3.63) is 23.3 Å². The fraction of sp³-hybridized carbons (Fsp3) is 0.846. The molecule has 0 aromatic rings. The van der Waals surface area contributed by atoms with Gasteiger partial charge in [0.15, 0.2) is 0 Å². The first-order valence-corrected chi connectivity index (χ1v) is 12.0. The van der Waals surface area contributed by atoms with Crippen LogP contribution in [0.1, 0.15) is 95.9 Å². The predicted molar refractivity (Wildman–Crippen MR) is 128 cm³/mol. The molecule has 2 aliphatic carbocycles. The van der Waals surface area contributed by atoms with E-state index >= 15 is 0 Å². The Morgan fingerprint density at radius 2 is 1.00 bits per heavy atom. The molecular formula is C26H46O2S. The summed E-state index contributed by atoms with van der Waals surface area (Å²) in [4.78, 5) is 0. The van der Waals surface area contributed by atoms with Crippen LogP contribution >= 0.6 is 11.8 Å². The maximum Gasteiger partial charge on any atom is 0.0807 e. The van der Waals surface area contributed by atoms with Gasteiger partial charge in [0.2, 0.25) is 0 Å². The maximum absolute atomic E-state index is 11.1. The third-order valence-corrected chi connectivity index (χ3v) is 9.92. The summed E-state index contributed by atoms with van der Waals surface area (Å²) in [5.41, 5.74) is 1.79. The molecule has 29 heavy (non-hydrogen) atoms. The normalized spacial score (nSPS) is 44.3. The molecule has 0 saturated carbocycles. The Balaban J connectivity index is 2.49. The molecule has 0 aromatic carbocycles. The zero-order valence-corrected chi connectivity index (χ0v) is 21.8. The Kier molecular flexibility index (Phi) is 6.16. The highest BCUT2D eigenvalue weighted by Gasteiger charge is 2.55. The van der Waals surface area contributed by atoms with E-state index < -0.39 is 12.2 Å². The average molecular weight is 423 g/mol. The van der Waals surface area contributed by atoms with Gasteiger partial charge in [-0.2, -0.15) is 0 Å². The fourth-order valence-corrected chi connectivity index (χ4v) is 8.19. The molecule has 0 spiro atoms. The molecule has 6 unspecified atom stereocenters. The number of hydrogen-bond donors (Lipinski definition) is 2. The predicted octanol–water partition coefficient (Wildman–Crippen LogP) is 6.76. The summed E-state index contributed by atoms with van der Waals surface area (Å²) in [5, 5.41) is 22.2. The second-order valence-electron chi connectivity index (χ2n) is 13.0. The van der Waals surface area contributed by atoms with Crippen LogP contribution in [-0.4, -0.2) is 31.9 Å². The second kappa shape index (κ2) is 7.14. The number of hydrogen-bond acceptors (Lipinski definition) is 3. The van der Waals surface area contributed by atoms with Crippen LogP contribution < -0.4 is 0 Å². The van der Waals surface area contributed by atoms with Gasteiger partial charge >= 0.3 is 0 Å². The molecule has 0 heterocycles. The van der Waals surface area contributed by atoms with E-state index in [1.807, 2.05) is 11.8 Å². The van der Waals surface area contributed by atoms with Crippen LogP contribution in [0.5, 0.6) is 0 Å². The minimum atomic E-state index is -0.408. The number of aliphatic hydroxyl groups is 2. The molecule has 2 N–H and O–H groups in total. The molecule has 0 aromatic heterocycles. The lowest BCUT2D eigenvalue weighted by molar-refractivity contribution is -0.0400. The Bertz CT molecular complexity index is 649. The summed E-state index contributed by atoms with van der Waals surface area (Å²) < 4.78 is -0.143. The van der Waals surface area contributed by atoms with Gasteiger partial charge in [0.05, 0.1) is 12.2 Å². The van der Waals surface area contributed by atoms with Crippen molar-refractivity contribution in [1.29, 1.82) is 0 Å². The molecule has 6 atom stereocenters. The molecule has 2 nitrogen and oxygen atoms in total. The number of aliphatic hydroxyl groups excluding tert-OH is 2. The van der Waals surface area contributed by atoms with Gasteiger partial charge in [0.1, 0.15) is 0 Å². The first kappa shape index (κ1) is 25.0. The van der Waals surface area contributed by atoms with Crippen LogP contribution in [0.3, 0.4) is 0 Å². The molecule has 2 aliphatic rings. The lowest BCUT2D eigenvalue weighted by atomic mass is 9.57. The van der Waals surface area contributed by atoms with E-state index in [9.17, 15) is 10.2 Å². The van der Waals surface area contributed by atoms with Crippen molar-refractivity contribution >= 4 is 11.8 Å². The van der Waals surface area contributed by atoms with Gasteiger partial charge in [-0.15, -0.1) is 11.8 Å². The zero-order chi connectivity index (χ0) is 22.8. The van der Waals surface area contributed by atoms with Crippen molar-refractivity contribution in [2.75, 3.05) is 0 Å². The molecule has 0 fully saturated rings. The van der Waals surface area contributed by atoms with Crippen LogP contribution in [0, 0.1) is 21.7 Å². The van der Waals surface area contributed by atoms with Crippen LogP contribution in [0.15, 0.2) is 23.3 Å². The quantitative estimate of drug-likeness (QED) is 0.483. The van der Waals surface area contributed by atoms with E-state index in [0.717, 1.165) is 24.0 Å². The van der Waals surface area contributed by atoms with E-state index in [1.54, 1.807) is 0 Å². The highest BCUT2D eigenvalue weighted by atomic mass is 32.2. The molecule has 0 amide bonds. The van der Waals surface area contributed by atoms with Gasteiger partial charge in [0.25, 0.3) is 0 Å². The van der Waals surface area contributed by atoms with Crippen molar-refractivity contribution in [3.8, 4) is 0 Å². The Labute approximate surface area is 184 Å². The first-order chi connectivity index (χ1) is 12.7. The van der Waals surface area contributed by atoms with Gasteiger partial charge in [-0.3, -0.25) is 0 Å². The SMILES string of the molecule is CC1=CC(C)(SC2(C)C=C(C)C(O)C(C)(C(C)(C)C)C2)CC(C)(C(C)(C)C)C1O. The average Bonchev–Trinajstić information content (AvgIpc) is 2.47. The van der Waals surface area contributed by atoms with Gasteiger partial charge in [-0.1, -0.05) is 67.5 Å². The Morgan fingerprint density at radius 3 is 1.24 bits per heavy atom. The maximum atomic E-state index is 11.1. The zero-order valence-electron chi connectivity index (χ0n) is 21.0. The minimum Gasteiger partial charge on any atom is -0.388 e. The van der Waals surface area contributed by atoms with Crippen LogP contribution in [0.25, 0.3) is 0 Å². The monoisotopic (exact) mass is 422 g/mol. The second-order valence-corrected chi connectivity index (χ2v) is 15.1. The largest absolute Gasteiger partial charge is 0.388 e. The number of rotatable bonds is 2.